The summed E-state index contributed by atoms with van der Waals surface area (Å²) in [4.78, 5) is 0. The summed E-state index contributed by atoms with van der Waals surface area (Å²) in [7, 11) is -3.12. The van der Waals surface area contributed by atoms with Gasteiger partial charge in [-0.3, -0.25) is 0 Å². The molecule has 4 nitrogen and oxygen atoms in total. The molecule has 0 radical (unpaired) electrons. The summed E-state index contributed by atoms with van der Waals surface area (Å²) in [5, 5.41) is 9.40. The second-order valence-electron chi connectivity index (χ2n) is 3.70. The van der Waals surface area contributed by atoms with Crippen LogP contribution in [-0.2, 0) is 9.84 Å². The lowest BCUT2D eigenvalue weighted by Gasteiger charge is -2.10. The van der Waals surface area contributed by atoms with Crippen LogP contribution in [0.2, 0.25) is 0 Å². The molecule has 1 rings (SSSR count). The predicted octanol–water partition coefficient (Wildman–Crippen LogP) is 0.861. The van der Waals surface area contributed by atoms with Crippen molar-refractivity contribution >= 4 is 9.84 Å². The van der Waals surface area contributed by atoms with Crippen molar-refractivity contribution in [2.75, 3.05) is 18.6 Å². The Hall–Kier alpha value is -1.07. The van der Waals surface area contributed by atoms with Crippen molar-refractivity contribution < 1.29 is 18.3 Å². The molecule has 5 heteroatoms. The van der Waals surface area contributed by atoms with Gasteiger partial charge in [0.15, 0.2) is 0 Å². The Bertz CT molecular complexity index is 399. The number of para-hydroxylation sites is 1. The molecule has 1 aromatic rings. The summed E-state index contributed by atoms with van der Waals surface area (Å²) in [6.45, 7) is 0.306. The van der Waals surface area contributed by atoms with Crippen LogP contribution in [0.3, 0.4) is 0 Å². The van der Waals surface area contributed by atoms with Gasteiger partial charge in [0.25, 0.3) is 0 Å². The lowest BCUT2D eigenvalue weighted by Crippen LogP contribution is -2.22. The van der Waals surface area contributed by atoms with Crippen molar-refractivity contribution in [1.29, 1.82) is 0 Å². The number of aliphatic hydroxyl groups is 1. The van der Waals surface area contributed by atoms with Crippen LogP contribution in [0.5, 0.6) is 5.75 Å². The highest BCUT2D eigenvalue weighted by atomic mass is 32.2. The molecule has 0 saturated heterocycles. The van der Waals surface area contributed by atoms with Gasteiger partial charge in [0, 0.05) is 12.7 Å². The summed E-state index contributed by atoms with van der Waals surface area (Å²) in [5.74, 6) is 0.500. The normalized spacial score (nSPS) is 13.4. The number of hydrogen-bond donors (Lipinski definition) is 1. The van der Waals surface area contributed by atoms with E-state index in [4.69, 9.17) is 4.74 Å². The fourth-order valence-electron chi connectivity index (χ4n) is 1.26. The number of rotatable bonds is 6. The molecule has 0 aliphatic heterocycles. The average Bonchev–Trinajstić information content (AvgIpc) is 2.16. The van der Waals surface area contributed by atoms with Crippen molar-refractivity contribution in [3.63, 3.8) is 0 Å². The molecule has 90 valence electrons. The highest BCUT2D eigenvalue weighted by Gasteiger charge is 2.11. The zero-order valence-corrected chi connectivity index (χ0v) is 9.98. The molecule has 0 aliphatic carbocycles. The topological polar surface area (TPSA) is 63.6 Å². The minimum atomic E-state index is -3.12. The van der Waals surface area contributed by atoms with E-state index in [1.165, 1.54) is 0 Å². The first-order valence-electron chi connectivity index (χ1n) is 5.01. The van der Waals surface area contributed by atoms with Gasteiger partial charge in [0.1, 0.15) is 15.6 Å². The van der Waals surface area contributed by atoms with E-state index >= 15 is 0 Å². The number of sulfone groups is 1. The first-order chi connectivity index (χ1) is 7.47. The molecule has 0 amide bonds. The van der Waals surface area contributed by atoms with E-state index in [-0.39, 0.29) is 5.75 Å². The molecule has 0 spiro atoms. The Morgan fingerprint density at radius 2 is 1.94 bits per heavy atom. The number of benzene rings is 1. The first kappa shape index (κ1) is 13.0. The summed E-state index contributed by atoms with van der Waals surface area (Å²) in [6, 6.07) is 9.20. The monoisotopic (exact) mass is 244 g/mol. The fraction of sp³-hybridized carbons (Fsp3) is 0.455. The van der Waals surface area contributed by atoms with E-state index in [9.17, 15) is 13.5 Å². The largest absolute Gasteiger partial charge is 0.493 e. The van der Waals surface area contributed by atoms with Crippen LogP contribution in [0.1, 0.15) is 6.42 Å². The molecule has 16 heavy (non-hydrogen) atoms. The van der Waals surface area contributed by atoms with E-state index in [1.54, 1.807) is 0 Å². The maximum atomic E-state index is 10.9. The van der Waals surface area contributed by atoms with Gasteiger partial charge in [-0.05, 0) is 12.1 Å². The molecular formula is C11H16O4S. The molecule has 0 aromatic heterocycles. The lowest BCUT2D eigenvalue weighted by molar-refractivity contribution is 0.158. The Balaban J connectivity index is 2.26. The molecule has 0 saturated carbocycles. The Kier molecular flexibility index (Phi) is 4.76. The van der Waals surface area contributed by atoms with Crippen molar-refractivity contribution in [3.8, 4) is 5.75 Å². The van der Waals surface area contributed by atoms with E-state index < -0.39 is 15.9 Å². The predicted molar refractivity (Wildman–Crippen MR) is 62.3 cm³/mol. The second kappa shape index (κ2) is 5.86. The summed E-state index contributed by atoms with van der Waals surface area (Å²) < 4.78 is 27.1. The summed E-state index contributed by atoms with van der Waals surface area (Å²) in [5.41, 5.74) is 0. The Morgan fingerprint density at radius 1 is 1.31 bits per heavy atom. The zero-order chi connectivity index (χ0) is 12.0. The Labute approximate surface area is 95.8 Å². The number of hydrogen-bond acceptors (Lipinski definition) is 4. The number of ether oxygens (including phenoxy) is 1. The third-order valence-corrected chi connectivity index (χ3v) is 2.95. The van der Waals surface area contributed by atoms with Crippen LogP contribution in [0.15, 0.2) is 30.3 Å². The molecule has 0 aliphatic rings. The second-order valence-corrected chi connectivity index (χ2v) is 5.88. The van der Waals surface area contributed by atoms with Crippen LogP contribution in [0.25, 0.3) is 0 Å². The van der Waals surface area contributed by atoms with Gasteiger partial charge < -0.3 is 9.84 Å². The first-order valence-corrected chi connectivity index (χ1v) is 7.07. The average molecular weight is 244 g/mol. The number of aliphatic hydroxyl groups excluding tert-OH is 1. The fourth-order valence-corrected chi connectivity index (χ4v) is 2.13. The molecule has 1 N–H and O–H groups in total. The molecular weight excluding hydrogens is 228 g/mol. The van der Waals surface area contributed by atoms with Gasteiger partial charge in [0.05, 0.1) is 18.5 Å². The van der Waals surface area contributed by atoms with Crippen LogP contribution in [0, 0.1) is 0 Å². The zero-order valence-electron chi connectivity index (χ0n) is 9.17. The maximum absolute atomic E-state index is 10.9. The van der Waals surface area contributed by atoms with Gasteiger partial charge in [-0.25, -0.2) is 8.42 Å². The van der Waals surface area contributed by atoms with Crippen molar-refractivity contribution in [2.24, 2.45) is 0 Å². The SMILES string of the molecule is CS(=O)(=O)CC(O)CCOc1ccccc1. The van der Waals surface area contributed by atoms with Gasteiger partial charge in [0.2, 0.25) is 0 Å². The van der Waals surface area contributed by atoms with Crippen molar-refractivity contribution in [3.05, 3.63) is 30.3 Å². The van der Waals surface area contributed by atoms with Gasteiger partial charge in [-0.2, -0.15) is 0 Å². The summed E-state index contributed by atoms with van der Waals surface area (Å²) in [6.07, 6.45) is 0.551. The smallest absolute Gasteiger partial charge is 0.149 e. The minimum Gasteiger partial charge on any atom is -0.493 e. The molecule has 1 unspecified atom stereocenters. The van der Waals surface area contributed by atoms with Crippen molar-refractivity contribution in [1.82, 2.24) is 0 Å². The molecule has 1 aromatic carbocycles. The minimum absolute atomic E-state index is 0.217. The lowest BCUT2D eigenvalue weighted by atomic mass is 10.3. The summed E-state index contributed by atoms with van der Waals surface area (Å²) >= 11 is 0. The van der Waals surface area contributed by atoms with E-state index in [0.717, 1.165) is 6.26 Å². The molecule has 0 heterocycles. The highest BCUT2D eigenvalue weighted by Crippen LogP contribution is 2.09. The Morgan fingerprint density at radius 3 is 2.50 bits per heavy atom. The third kappa shape index (κ3) is 5.72. The maximum Gasteiger partial charge on any atom is 0.149 e. The van der Waals surface area contributed by atoms with Crippen molar-refractivity contribution in [2.45, 2.75) is 12.5 Å². The van der Waals surface area contributed by atoms with Gasteiger partial charge >= 0.3 is 0 Å². The van der Waals surface area contributed by atoms with Gasteiger partial charge in [-0.15, -0.1) is 0 Å². The quantitative estimate of drug-likeness (QED) is 0.806. The molecule has 1 atom stereocenters. The van der Waals surface area contributed by atoms with Crippen LogP contribution in [-0.4, -0.2) is 38.2 Å². The standard InChI is InChI=1S/C11H16O4S/c1-16(13,14)9-10(12)7-8-15-11-5-3-2-4-6-11/h2-6,10,12H,7-9H2,1H3. The van der Waals surface area contributed by atoms with E-state index in [1.807, 2.05) is 30.3 Å². The van der Waals surface area contributed by atoms with Crippen LogP contribution in [0.4, 0.5) is 0 Å². The van der Waals surface area contributed by atoms with Crippen LogP contribution < -0.4 is 4.74 Å². The third-order valence-electron chi connectivity index (χ3n) is 1.96. The molecule has 0 bridgehead atoms. The van der Waals surface area contributed by atoms with E-state index in [0.29, 0.717) is 18.8 Å². The van der Waals surface area contributed by atoms with Gasteiger partial charge in [-0.1, -0.05) is 18.2 Å². The van der Waals surface area contributed by atoms with Crippen LogP contribution >= 0.6 is 0 Å². The van der Waals surface area contributed by atoms with E-state index in [2.05, 4.69) is 0 Å². The highest BCUT2D eigenvalue weighted by molar-refractivity contribution is 7.90. The molecule has 0 fully saturated rings.